The first-order valence-electron chi connectivity index (χ1n) is 11.4. The molecule has 2 aromatic carbocycles. The molecule has 4 aromatic rings. The van der Waals surface area contributed by atoms with Crippen molar-refractivity contribution in [3.8, 4) is 16.9 Å². The van der Waals surface area contributed by atoms with E-state index in [1.165, 1.54) is 23.6 Å². The van der Waals surface area contributed by atoms with Gasteiger partial charge in [-0.05, 0) is 84.4 Å². The minimum absolute atomic E-state index is 0.00144. The summed E-state index contributed by atoms with van der Waals surface area (Å²) in [5, 5.41) is 0.866. The zero-order valence-corrected chi connectivity index (χ0v) is 21.5. The molecule has 1 saturated heterocycles. The van der Waals surface area contributed by atoms with Gasteiger partial charge in [-0.25, -0.2) is 17.8 Å². The predicted molar refractivity (Wildman–Crippen MR) is 143 cm³/mol. The van der Waals surface area contributed by atoms with Crippen LogP contribution in [0.4, 0.5) is 10.1 Å². The Morgan fingerprint density at radius 3 is 2.58 bits per heavy atom. The van der Waals surface area contributed by atoms with Crippen molar-refractivity contribution in [2.45, 2.75) is 17.7 Å². The van der Waals surface area contributed by atoms with E-state index in [0.29, 0.717) is 18.1 Å². The molecular formula is C26H23ClFN3O3S2. The van der Waals surface area contributed by atoms with E-state index in [2.05, 4.69) is 14.7 Å². The standard InChI is InChI=1S/C26H23ClFN3O3S2/c27-26-24(31-36(32,33)21-4-2-20(28)3-5-21)14-19(15-30-26)18-1-6-23-22(13-18)25(7-10-29-23)34-16-17-8-11-35-12-9-17/h1-7,10,13-15,17,31H,8-9,11-12,16H2. The van der Waals surface area contributed by atoms with Gasteiger partial charge in [0.1, 0.15) is 11.6 Å². The second-order valence-electron chi connectivity index (χ2n) is 8.53. The van der Waals surface area contributed by atoms with Crippen LogP contribution in [0.2, 0.25) is 5.15 Å². The first-order chi connectivity index (χ1) is 17.4. The van der Waals surface area contributed by atoms with Crippen molar-refractivity contribution >= 4 is 50.0 Å². The van der Waals surface area contributed by atoms with Crippen molar-refractivity contribution in [2.75, 3.05) is 22.8 Å². The number of aromatic nitrogens is 2. The van der Waals surface area contributed by atoms with Crippen LogP contribution >= 0.6 is 23.4 Å². The third-order valence-electron chi connectivity index (χ3n) is 6.06. The van der Waals surface area contributed by atoms with Gasteiger partial charge < -0.3 is 4.74 Å². The second kappa shape index (κ2) is 10.6. The molecule has 1 aliphatic rings. The van der Waals surface area contributed by atoms with Gasteiger partial charge in [-0.2, -0.15) is 11.8 Å². The molecule has 0 saturated carbocycles. The average Bonchev–Trinajstić information content (AvgIpc) is 2.89. The Balaban J connectivity index is 1.43. The number of nitrogens with one attached hydrogen (secondary N) is 1. The van der Waals surface area contributed by atoms with E-state index in [-0.39, 0.29) is 15.7 Å². The molecule has 1 aliphatic heterocycles. The van der Waals surface area contributed by atoms with Gasteiger partial charge in [-0.15, -0.1) is 0 Å². The minimum atomic E-state index is -3.98. The Kier molecular flexibility index (Phi) is 7.32. The molecule has 1 N–H and O–H groups in total. The molecule has 0 unspecified atom stereocenters. The smallest absolute Gasteiger partial charge is 0.261 e. The van der Waals surface area contributed by atoms with E-state index in [4.69, 9.17) is 16.3 Å². The van der Waals surface area contributed by atoms with Crippen molar-refractivity contribution in [1.29, 1.82) is 0 Å². The highest BCUT2D eigenvalue weighted by molar-refractivity contribution is 7.99. The minimum Gasteiger partial charge on any atom is -0.493 e. The van der Waals surface area contributed by atoms with Gasteiger partial charge in [0.15, 0.2) is 5.15 Å². The van der Waals surface area contributed by atoms with Crippen LogP contribution in [-0.4, -0.2) is 36.5 Å². The molecule has 0 bridgehead atoms. The average molecular weight is 544 g/mol. The summed E-state index contributed by atoms with van der Waals surface area (Å²) in [5.74, 6) is 3.13. The fraction of sp³-hybridized carbons (Fsp3) is 0.231. The number of ether oxygens (including phenoxy) is 1. The highest BCUT2D eigenvalue weighted by Gasteiger charge is 2.18. The number of pyridine rings is 2. The number of hydrogen-bond donors (Lipinski definition) is 1. The Morgan fingerprint density at radius 2 is 1.81 bits per heavy atom. The van der Waals surface area contributed by atoms with Crippen molar-refractivity contribution in [1.82, 2.24) is 9.97 Å². The van der Waals surface area contributed by atoms with Crippen LogP contribution in [0.15, 0.2) is 71.9 Å². The van der Waals surface area contributed by atoms with E-state index in [0.717, 1.165) is 47.2 Å². The lowest BCUT2D eigenvalue weighted by molar-refractivity contribution is 0.242. The van der Waals surface area contributed by atoms with E-state index in [1.54, 1.807) is 18.5 Å². The van der Waals surface area contributed by atoms with Crippen LogP contribution in [0.25, 0.3) is 22.0 Å². The highest BCUT2D eigenvalue weighted by atomic mass is 35.5. The molecule has 0 aliphatic carbocycles. The molecule has 1 fully saturated rings. The summed E-state index contributed by atoms with van der Waals surface area (Å²) in [4.78, 5) is 8.55. The lowest BCUT2D eigenvalue weighted by Crippen LogP contribution is -2.17. The summed E-state index contributed by atoms with van der Waals surface area (Å²) >= 11 is 8.20. The van der Waals surface area contributed by atoms with Gasteiger partial charge in [0.2, 0.25) is 0 Å². The number of fused-ring (bicyclic) bond motifs is 1. The molecule has 0 spiro atoms. The largest absolute Gasteiger partial charge is 0.493 e. The molecule has 3 heterocycles. The lowest BCUT2D eigenvalue weighted by atomic mass is 10.0. The lowest BCUT2D eigenvalue weighted by Gasteiger charge is -2.21. The Bertz CT molecular complexity index is 1490. The predicted octanol–water partition coefficient (Wildman–Crippen LogP) is 6.41. The number of anilines is 1. The fourth-order valence-electron chi connectivity index (χ4n) is 4.04. The molecule has 0 radical (unpaired) electrons. The Labute approximate surface area is 218 Å². The normalized spacial score (nSPS) is 14.6. The monoisotopic (exact) mass is 543 g/mol. The number of benzene rings is 2. The Morgan fingerprint density at radius 1 is 1.03 bits per heavy atom. The van der Waals surface area contributed by atoms with Gasteiger partial charge in [-0.1, -0.05) is 17.7 Å². The molecule has 2 aromatic heterocycles. The Hall–Kier alpha value is -2.88. The summed E-state index contributed by atoms with van der Waals surface area (Å²) in [5.41, 5.74) is 2.39. The van der Waals surface area contributed by atoms with Gasteiger partial charge in [0.25, 0.3) is 10.0 Å². The molecule has 36 heavy (non-hydrogen) atoms. The number of halogens is 2. The molecule has 6 nitrogen and oxygen atoms in total. The molecule has 10 heteroatoms. The fourth-order valence-corrected chi connectivity index (χ4v) is 6.51. The van der Waals surface area contributed by atoms with Crippen LogP contribution < -0.4 is 9.46 Å². The third kappa shape index (κ3) is 5.58. The maximum Gasteiger partial charge on any atom is 0.261 e. The SMILES string of the molecule is O=S(=O)(Nc1cc(-c2ccc3nccc(OCC4CCSCC4)c3c2)cnc1Cl)c1ccc(F)cc1. The van der Waals surface area contributed by atoms with Crippen molar-refractivity contribution in [3.63, 3.8) is 0 Å². The number of nitrogens with zero attached hydrogens (tertiary/aromatic N) is 2. The number of hydrogen-bond acceptors (Lipinski definition) is 6. The highest BCUT2D eigenvalue weighted by Crippen LogP contribution is 2.33. The maximum atomic E-state index is 13.2. The van der Waals surface area contributed by atoms with Crippen molar-refractivity contribution in [3.05, 3.63) is 78.0 Å². The van der Waals surface area contributed by atoms with Gasteiger partial charge >= 0.3 is 0 Å². The van der Waals surface area contributed by atoms with Crippen LogP contribution in [0.3, 0.4) is 0 Å². The summed E-state index contributed by atoms with van der Waals surface area (Å²) in [6, 6.07) is 13.8. The number of rotatable bonds is 7. The van der Waals surface area contributed by atoms with E-state index in [9.17, 15) is 12.8 Å². The van der Waals surface area contributed by atoms with Crippen LogP contribution in [-0.2, 0) is 10.0 Å². The van der Waals surface area contributed by atoms with Crippen LogP contribution in [0, 0.1) is 11.7 Å². The van der Waals surface area contributed by atoms with Gasteiger partial charge in [0, 0.05) is 23.3 Å². The molecule has 0 amide bonds. The zero-order valence-electron chi connectivity index (χ0n) is 19.2. The zero-order chi connectivity index (χ0) is 25.1. The topological polar surface area (TPSA) is 81.2 Å². The summed E-state index contributed by atoms with van der Waals surface area (Å²) in [6.07, 6.45) is 5.63. The molecule has 0 atom stereocenters. The summed E-state index contributed by atoms with van der Waals surface area (Å²) in [7, 11) is -3.98. The molecular weight excluding hydrogens is 521 g/mol. The maximum absolute atomic E-state index is 13.2. The van der Waals surface area contributed by atoms with Crippen molar-refractivity contribution in [2.24, 2.45) is 5.92 Å². The van der Waals surface area contributed by atoms with Crippen LogP contribution in [0.1, 0.15) is 12.8 Å². The molecule has 186 valence electrons. The first-order valence-corrected chi connectivity index (χ1v) is 14.4. The quantitative estimate of drug-likeness (QED) is 0.271. The van der Waals surface area contributed by atoms with E-state index in [1.807, 2.05) is 36.0 Å². The first kappa shape index (κ1) is 24.8. The van der Waals surface area contributed by atoms with E-state index >= 15 is 0 Å². The third-order valence-corrected chi connectivity index (χ3v) is 8.79. The second-order valence-corrected chi connectivity index (χ2v) is 11.8. The summed E-state index contributed by atoms with van der Waals surface area (Å²) in [6.45, 7) is 0.668. The molecule has 5 rings (SSSR count). The van der Waals surface area contributed by atoms with Gasteiger partial charge in [0.05, 0.1) is 22.7 Å². The number of thioether (sulfide) groups is 1. The summed E-state index contributed by atoms with van der Waals surface area (Å²) < 4.78 is 47.5. The van der Waals surface area contributed by atoms with Gasteiger partial charge in [-0.3, -0.25) is 9.71 Å². The number of sulfonamides is 1. The van der Waals surface area contributed by atoms with Crippen LogP contribution in [0.5, 0.6) is 5.75 Å². The van der Waals surface area contributed by atoms with Crippen molar-refractivity contribution < 1.29 is 17.5 Å². The van der Waals surface area contributed by atoms with E-state index < -0.39 is 15.8 Å².